The van der Waals surface area contributed by atoms with E-state index >= 15 is 0 Å². The van der Waals surface area contributed by atoms with Crippen LogP contribution in [-0.4, -0.2) is 18.5 Å². The number of benzene rings is 1. The van der Waals surface area contributed by atoms with Crippen LogP contribution in [0.15, 0.2) is 18.2 Å². The Hall–Kier alpha value is -1.98. The van der Waals surface area contributed by atoms with Crippen molar-refractivity contribution < 1.29 is 27.8 Å². The van der Waals surface area contributed by atoms with Gasteiger partial charge in [0.05, 0.1) is 12.2 Å². The Morgan fingerprint density at radius 1 is 0.862 bits per heavy atom. The molecule has 0 saturated heterocycles. The Morgan fingerprint density at radius 3 is 2.03 bits per heavy atom. The fraction of sp³-hybridized carbons (Fsp3) is 0.652. The van der Waals surface area contributed by atoms with Gasteiger partial charge < -0.3 is 9.47 Å². The number of carbonyl (C=O) groups excluding carboxylic acids is 2. The normalized spacial score (nSPS) is 11.9. The van der Waals surface area contributed by atoms with Crippen molar-refractivity contribution in [2.45, 2.75) is 90.6 Å². The second kappa shape index (κ2) is 14.9. The van der Waals surface area contributed by atoms with Crippen molar-refractivity contribution in [2.24, 2.45) is 0 Å². The van der Waals surface area contributed by atoms with Gasteiger partial charge >= 0.3 is 11.9 Å². The monoisotopic (exact) mass is 412 g/mol. The highest BCUT2D eigenvalue weighted by molar-refractivity contribution is 5.72. The summed E-state index contributed by atoms with van der Waals surface area (Å²) < 4.78 is 37.6. The summed E-state index contributed by atoms with van der Waals surface area (Å²) in [6.45, 7) is 4.02. The maximum atomic E-state index is 13.7. The van der Waals surface area contributed by atoms with E-state index in [2.05, 4.69) is 6.92 Å². The SMILES string of the molecule is CCCCCCCCCCOC(=O)CCCC(=O)OC(C)c1c(F)cccc1F. The molecule has 1 aromatic rings. The summed E-state index contributed by atoms with van der Waals surface area (Å²) in [5.41, 5.74) is -0.273. The topological polar surface area (TPSA) is 52.6 Å². The minimum atomic E-state index is -1.03. The average molecular weight is 413 g/mol. The van der Waals surface area contributed by atoms with E-state index in [-0.39, 0.29) is 30.8 Å². The van der Waals surface area contributed by atoms with Crippen molar-refractivity contribution in [2.75, 3.05) is 6.61 Å². The molecule has 0 fully saturated rings. The summed E-state index contributed by atoms with van der Waals surface area (Å²) in [6, 6.07) is 3.48. The van der Waals surface area contributed by atoms with Crippen LogP contribution in [0.4, 0.5) is 8.78 Å². The van der Waals surface area contributed by atoms with Gasteiger partial charge in [-0.15, -0.1) is 0 Å². The molecule has 164 valence electrons. The van der Waals surface area contributed by atoms with Gasteiger partial charge in [-0.3, -0.25) is 9.59 Å². The second-order valence-corrected chi connectivity index (χ2v) is 7.32. The molecular weight excluding hydrogens is 378 g/mol. The molecule has 0 N–H and O–H groups in total. The van der Waals surface area contributed by atoms with Gasteiger partial charge in [0.2, 0.25) is 0 Å². The molecule has 0 amide bonds. The first-order chi connectivity index (χ1) is 14.0. The average Bonchev–Trinajstić information content (AvgIpc) is 2.66. The van der Waals surface area contributed by atoms with Crippen LogP contribution in [0.25, 0.3) is 0 Å². The van der Waals surface area contributed by atoms with Gasteiger partial charge in [-0.1, -0.05) is 57.9 Å². The first kappa shape index (κ1) is 25.1. The Bertz CT molecular complexity index is 599. The van der Waals surface area contributed by atoms with Gasteiger partial charge in [0, 0.05) is 12.8 Å². The van der Waals surface area contributed by atoms with Crippen LogP contribution >= 0.6 is 0 Å². The van der Waals surface area contributed by atoms with E-state index in [9.17, 15) is 18.4 Å². The van der Waals surface area contributed by atoms with Crippen molar-refractivity contribution in [1.29, 1.82) is 0 Å². The molecule has 29 heavy (non-hydrogen) atoms. The second-order valence-electron chi connectivity index (χ2n) is 7.32. The van der Waals surface area contributed by atoms with Gasteiger partial charge in [-0.05, 0) is 31.9 Å². The summed E-state index contributed by atoms with van der Waals surface area (Å²) >= 11 is 0. The molecule has 0 aromatic heterocycles. The first-order valence-corrected chi connectivity index (χ1v) is 10.7. The summed E-state index contributed by atoms with van der Waals surface area (Å²) in [7, 11) is 0. The minimum absolute atomic E-state index is 0.00667. The molecule has 1 atom stereocenters. The highest BCUT2D eigenvalue weighted by Gasteiger charge is 2.19. The number of unbranched alkanes of at least 4 members (excludes halogenated alkanes) is 7. The zero-order valence-corrected chi connectivity index (χ0v) is 17.7. The van der Waals surface area contributed by atoms with Crippen LogP contribution in [0, 0.1) is 11.6 Å². The number of ether oxygens (including phenoxy) is 2. The summed E-state index contributed by atoms with van der Waals surface area (Å²) in [5, 5.41) is 0. The summed E-state index contributed by atoms with van der Waals surface area (Å²) in [5.74, 6) is -2.45. The van der Waals surface area contributed by atoms with Gasteiger partial charge in [0.25, 0.3) is 0 Å². The molecule has 0 spiro atoms. The van der Waals surface area contributed by atoms with Gasteiger partial charge in [-0.2, -0.15) is 0 Å². The molecule has 1 unspecified atom stereocenters. The number of rotatable bonds is 15. The van der Waals surface area contributed by atoms with Crippen LogP contribution in [0.2, 0.25) is 0 Å². The fourth-order valence-corrected chi connectivity index (χ4v) is 3.09. The lowest BCUT2D eigenvalue weighted by Crippen LogP contribution is -2.12. The lowest BCUT2D eigenvalue weighted by atomic mass is 10.1. The van der Waals surface area contributed by atoms with Crippen LogP contribution < -0.4 is 0 Å². The van der Waals surface area contributed by atoms with Gasteiger partial charge in [0.1, 0.15) is 17.7 Å². The van der Waals surface area contributed by atoms with Crippen molar-refractivity contribution >= 4 is 11.9 Å². The molecule has 0 aliphatic carbocycles. The molecule has 0 radical (unpaired) electrons. The molecule has 6 heteroatoms. The van der Waals surface area contributed by atoms with Crippen LogP contribution in [0.1, 0.15) is 96.1 Å². The summed E-state index contributed by atoms with van der Waals surface area (Å²) in [4.78, 5) is 23.5. The molecule has 1 rings (SSSR count). The third kappa shape index (κ3) is 11.0. The van der Waals surface area contributed by atoms with E-state index in [1.807, 2.05) is 0 Å². The van der Waals surface area contributed by atoms with Crippen molar-refractivity contribution in [3.8, 4) is 0 Å². The number of esters is 2. The Kier molecular flexibility index (Phi) is 12.9. The molecule has 0 heterocycles. The molecule has 0 aliphatic heterocycles. The molecule has 1 aromatic carbocycles. The van der Waals surface area contributed by atoms with E-state index in [1.165, 1.54) is 45.1 Å². The zero-order valence-electron chi connectivity index (χ0n) is 17.7. The highest BCUT2D eigenvalue weighted by Crippen LogP contribution is 2.24. The Balaban J connectivity index is 2.09. The number of halogens is 2. The van der Waals surface area contributed by atoms with E-state index in [4.69, 9.17) is 9.47 Å². The van der Waals surface area contributed by atoms with Crippen LogP contribution in [0.5, 0.6) is 0 Å². The van der Waals surface area contributed by atoms with Crippen molar-refractivity contribution in [3.05, 3.63) is 35.4 Å². The molecule has 0 bridgehead atoms. The molecule has 0 aliphatic rings. The van der Waals surface area contributed by atoms with E-state index in [0.717, 1.165) is 31.4 Å². The van der Waals surface area contributed by atoms with E-state index in [1.54, 1.807) is 0 Å². The summed E-state index contributed by atoms with van der Waals surface area (Å²) in [6.07, 6.45) is 8.76. The molecular formula is C23H34F2O4. The van der Waals surface area contributed by atoms with Gasteiger partial charge in [0.15, 0.2) is 0 Å². The van der Waals surface area contributed by atoms with E-state index in [0.29, 0.717) is 6.61 Å². The number of carbonyl (C=O) groups is 2. The largest absolute Gasteiger partial charge is 0.466 e. The fourth-order valence-electron chi connectivity index (χ4n) is 3.09. The van der Waals surface area contributed by atoms with Gasteiger partial charge in [-0.25, -0.2) is 8.78 Å². The third-order valence-electron chi connectivity index (χ3n) is 4.74. The lowest BCUT2D eigenvalue weighted by molar-refractivity contribution is -0.149. The molecule has 0 saturated carbocycles. The maximum Gasteiger partial charge on any atom is 0.306 e. The lowest BCUT2D eigenvalue weighted by Gasteiger charge is -2.15. The van der Waals surface area contributed by atoms with Crippen LogP contribution in [0.3, 0.4) is 0 Å². The smallest absolute Gasteiger partial charge is 0.306 e. The maximum absolute atomic E-state index is 13.7. The van der Waals surface area contributed by atoms with Crippen molar-refractivity contribution in [3.63, 3.8) is 0 Å². The van der Waals surface area contributed by atoms with Crippen molar-refractivity contribution in [1.82, 2.24) is 0 Å². The van der Waals surface area contributed by atoms with E-state index < -0.39 is 23.7 Å². The number of hydrogen-bond donors (Lipinski definition) is 0. The first-order valence-electron chi connectivity index (χ1n) is 10.7. The predicted octanol–water partition coefficient (Wildman–Crippen LogP) is 6.42. The zero-order chi connectivity index (χ0) is 21.5. The Labute approximate surface area is 173 Å². The quantitative estimate of drug-likeness (QED) is 0.246. The van der Waals surface area contributed by atoms with Crippen LogP contribution in [-0.2, 0) is 19.1 Å². The third-order valence-corrected chi connectivity index (χ3v) is 4.74. The number of hydrogen-bond acceptors (Lipinski definition) is 4. The highest BCUT2D eigenvalue weighted by atomic mass is 19.1. The predicted molar refractivity (Wildman–Crippen MR) is 108 cm³/mol. The standard InChI is InChI=1S/C23H34F2O4/c1-3-4-5-6-7-8-9-10-17-28-21(26)15-12-16-22(27)29-18(2)23-19(24)13-11-14-20(23)25/h11,13-14,18H,3-10,12,15-17H2,1-2H3. The molecule has 4 nitrogen and oxygen atoms in total. The minimum Gasteiger partial charge on any atom is -0.466 e. The Morgan fingerprint density at radius 2 is 1.41 bits per heavy atom.